The fourth-order valence-corrected chi connectivity index (χ4v) is 2.22. The zero-order valence-electron chi connectivity index (χ0n) is 12.4. The number of rotatable bonds is 6. The van der Waals surface area contributed by atoms with Crippen molar-refractivity contribution in [3.05, 3.63) is 41.2 Å². The van der Waals surface area contributed by atoms with Gasteiger partial charge in [0.15, 0.2) is 0 Å². The second-order valence-corrected chi connectivity index (χ2v) is 5.42. The van der Waals surface area contributed by atoms with Gasteiger partial charge in [0, 0.05) is 11.6 Å². The Morgan fingerprint density at radius 1 is 1.43 bits per heavy atom. The van der Waals surface area contributed by atoms with E-state index in [9.17, 15) is 4.79 Å². The maximum Gasteiger partial charge on any atom is 0.251 e. The Bertz CT molecular complexity index is 612. The predicted molar refractivity (Wildman–Crippen MR) is 82.6 cm³/mol. The van der Waals surface area contributed by atoms with Crippen LogP contribution in [-0.2, 0) is 6.61 Å². The average molecular weight is 305 g/mol. The van der Waals surface area contributed by atoms with Crippen LogP contribution >= 0.6 is 11.7 Å². The summed E-state index contributed by atoms with van der Waals surface area (Å²) in [6.07, 6.45) is 0.901. The number of nitrogens with zero attached hydrogens (tertiary/aromatic N) is 2. The highest BCUT2D eigenvalue weighted by atomic mass is 32.1. The first-order valence-corrected chi connectivity index (χ1v) is 7.65. The van der Waals surface area contributed by atoms with Crippen LogP contribution in [0.4, 0.5) is 0 Å². The van der Waals surface area contributed by atoms with Crippen molar-refractivity contribution in [3.63, 3.8) is 0 Å². The molecule has 1 atom stereocenters. The third-order valence-corrected chi connectivity index (χ3v) is 3.87. The number of carbonyl (C=O) groups is 1. The summed E-state index contributed by atoms with van der Waals surface area (Å²) in [4.78, 5) is 12.1. The number of aromatic nitrogens is 2. The Kier molecular flexibility index (Phi) is 5.27. The Balaban J connectivity index is 2.00. The maximum atomic E-state index is 12.1. The largest absolute Gasteiger partial charge is 0.487 e. The minimum Gasteiger partial charge on any atom is -0.487 e. The molecule has 5 nitrogen and oxygen atoms in total. The van der Waals surface area contributed by atoms with Crippen molar-refractivity contribution in [2.24, 2.45) is 0 Å². The highest BCUT2D eigenvalue weighted by Gasteiger charge is 2.10. The summed E-state index contributed by atoms with van der Waals surface area (Å²) in [5.74, 6) is 0.570. The molecule has 1 amide bonds. The van der Waals surface area contributed by atoms with Gasteiger partial charge in [-0.2, -0.15) is 8.75 Å². The van der Waals surface area contributed by atoms with E-state index >= 15 is 0 Å². The molecule has 0 fully saturated rings. The first kappa shape index (κ1) is 15.4. The average Bonchev–Trinajstić information content (AvgIpc) is 2.90. The van der Waals surface area contributed by atoms with Crippen molar-refractivity contribution in [2.45, 2.75) is 39.8 Å². The number of hydrogen-bond donors (Lipinski definition) is 1. The third-order valence-electron chi connectivity index (χ3n) is 3.21. The third kappa shape index (κ3) is 4.26. The first-order valence-electron chi connectivity index (χ1n) is 6.92. The van der Waals surface area contributed by atoms with Crippen LogP contribution in [0.15, 0.2) is 24.3 Å². The van der Waals surface area contributed by atoms with Gasteiger partial charge in [0.25, 0.3) is 5.91 Å². The van der Waals surface area contributed by atoms with Gasteiger partial charge in [0.2, 0.25) is 0 Å². The van der Waals surface area contributed by atoms with Crippen LogP contribution in [-0.4, -0.2) is 20.7 Å². The molecule has 2 rings (SSSR count). The van der Waals surface area contributed by atoms with E-state index in [-0.39, 0.29) is 11.9 Å². The van der Waals surface area contributed by atoms with Gasteiger partial charge in [-0.05, 0) is 38.5 Å². The van der Waals surface area contributed by atoms with Crippen molar-refractivity contribution in [2.75, 3.05) is 0 Å². The fraction of sp³-hybridized carbons (Fsp3) is 0.400. The summed E-state index contributed by atoms with van der Waals surface area (Å²) < 4.78 is 13.9. The molecule has 6 heteroatoms. The Labute approximate surface area is 128 Å². The van der Waals surface area contributed by atoms with E-state index in [4.69, 9.17) is 4.74 Å². The molecule has 0 aliphatic rings. The smallest absolute Gasteiger partial charge is 0.251 e. The fourth-order valence-electron chi connectivity index (χ4n) is 1.67. The van der Waals surface area contributed by atoms with Crippen LogP contribution in [0, 0.1) is 6.92 Å². The summed E-state index contributed by atoms with van der Waals surface area (Å²) in [7, 11) is 0. The summed E-state index contributed by atoms with van der Waals surface area (Å²) in [6, 6.07) is 7.32. The lowest BCUT2D eigenvalue weighted by Gasteiger charge is -2.12. The summed E-state index contributed by atoms with van der Waals surface area (Å²) in [5, 5.41) is 2.94. The van der Waals surface area contributed by atoms with Crippen LogP contribution in [0.2, 0.25) is 0 Å². The molecule has 1 N–H and O–H groups in total. The molecule has 0 bridgehead atoms. The van der Waals surface area contributed by atoms with Crippen molar-refractivity contribution >= 4 is 17.6 Å². The lowest BCUT2D eigenvalue weighted by atomic mass is 10.1. The van der Waals surface area contributed by atoms with E-state index in [1.807, 2.05) is 32.9 Å². The van der Waals surface area contributed by atoms with Crippen LogP contribution in [0.25, 0.3) is 0 Å². The lowest BCUT2D eigenvalue weighted by Crippen LogP contribution is -2.31. The number of hydrogen-bond acceptors (Lipinski definition) is 5. The SMILES string of the molecule is CCC(C)NC(=O)c1cccc(OCc2nsnc2C)c1. The number of ether oxygens (including phenoxy) is 1. The number of carbonyl (C=O) groups excluding carboxylic acids is 1. The minimum absolute atomic E-state index is 0.0821. The summed E-state index contributed by atoms with van der Waals surface area (Å²) in [5.41, 5.74) is 2.31. The zero-order chi connectivity index (χ0) is 15.2. The molecular weight excluding hydrogens is 286 g/mol. The molecular formula is C15H19N3O2S. The predicted octanol–water partition coefficient (Wildman–Crippen LogP) is 2.95. The van der Waals surface area contributed by atoms with Gasteiger partial charge in [-0.15, -0.1) is 0 Å². The molecule has 1 heterocycles. The first-order chi connectivity index (χ1) is 10.1. The van der Waals surface area contributed by atoms with Crippen LogP contribution in [0.1, 0.15) is 42.0 Å². The Morgan fingerprint density at radius 2 is 2.24 bits per heavy atom. The van der Waals surface area contributed by atoms with Gasteiger partial charge in [0.1, 0.15) is 18.1 Å². The number of benzene rings is 1. The van der Waals surface area contributed by atoms with Gasteiger partial charge >= 0.3 is 0 Å². The molecule has 1 aromatic heterocycles. The van der Waals surface area contributed by atoms with Crippen molar-refractivity contribution in [3.8, 4) is 5.75 Å². The van der Waals surface area contributed by atoms with E-state index < -0.39 is 0 Å². The zero-order valence-corrected chi connectivity index (χ0v) is 13.2. The molecule has 1 unspecified atom stereocenters. The van der Waals surface area contributed by atoms with Crippen LogP contribution in [0.3, 0.4) is 0 Å². The molecule has 112 valence electrons. The molecule has 2 aromatic rings. The topological polar surface area (TPSA) is 64.1 Å². The number of amides is 1. The van der Waals surface area contributed by atoms with Crippen molar-refractivity contribution in [1.29, 1.82) is 0 Å². The molecule has 0 saturated carbocycles. The number of aryl methyl sites for hydroxylation is 1. The van der Waals surface area contributed by atoms with Gasteiger partial charge in [0.05, 0.1) is 17.4 Å². The van der Waals surface area contributed by atoms with E-state index in [1.54, 1.807) is 12.1 Å². The molecule has 0 aliphatic carbocycles. The minimum atomic E-state index is -0.0821. The Morgan fingerprint density at radius 3 is 2.90 bits per heavy atom. The van der Waals surface area contributed by atoms with Crippen LogP contribution in [0.5, 0.6) is 5.75 Å². The molecule has 0 spiro atoms. The molecule has 0 aliphatic heterocycles. The second-order valence-electron chi connectivity index (χ2n) is 4.90. The van der Waals surface area contributed by atoms with Gasteiger partial charge in [-0.1, -0.05) is 13.0 Å². The van der Waals surface area contributed by atoms with E-state index in [0.29, 0.717) is 17.9 Å². The molecule has 21 heavy (non-hydrogen) atoms. The van der Waals surface area contributed by atoms with Crippen LogP contribution < -0.4 is 10.1 Å². The highest BCUT2D eigenvalue weighted by Crippen LogP contribution is 2.16. The highest BCUT2D eigenvalue weighted by molar-refractivity contribution is 6.99. The molecule has 1 aromatic carbocycles. The van der Waals surface area contributed by atoms with E-state index in [2.05, 4.69) is 14.1 Å². The normalized spacial score (nSPS) is 12.0. The quantitative estimate of drug-likeness (QED) is 0.891. The summed E-state index contributed by atoms with van der Waals surface area (Å²) >= 11 is 1.17. The van der Waals surface area contributed by atoms with Crippen molar-refractivity contribution < 1.29 is 9.53 Å². The van der Waals surface area contributed by atoms with E-state index in [1.165, 1.54) is 11.7 Å². The van der Waals surface area contributed by atoms with Gasteiger partial charge < -0.3 is 10.1 Å². The lowest BCUT2D eigenvalue weighted by molar-refractivity contribution is 0.0939. The van der Waals surface area contributed by atoms with Gasteiger partial charge in [-0.25, -0.2) is 0 Å². The monoisotopic (exact) mass is 305 g/mol. The van der Waals surface area contributed by atoms with Crippen molar-refractivity contribution in [1.82, 2.24) is 14.1 Å². The molecule has 0 saturated heterocycles. The molecule has 0 radical (unpaired) electrons. The standard InChI is InChI=1S/C15H19N3O2S/c1-4-10(2)16-15(19)12-6-5-7-13(8-12)20-9-14-11(3)17-21-18-14/h5-8,10H,4,9H2,1-3H3,(H,16,19). The second kappa shape index (κ2) is 7.17. The number of nitrogens with one attached hydrogen (secondary N) is 1. The summed E-state index contributed by atoms with van der Waals surface area (Å²) in [6.45, 7) is 6.28. The van der Waals surface area contributed by atoms with E-state index in [0.717, 1.165) is 17.8 Å². The van der Waals surface area contributed by atoms with Gasteiger partial charge in [-0.3, -0.25) is 4.79 Å². The maximum absolute atomic E-state index is 12.1. The Hall–Kier alpha value is -1.95.